The lowest BCUT2D eigenvalue weighted by Gasteiger charge is -2.23. The highest BCUT2D eigenvalue weighted by atomic mass is 16.5. The van der Waals surface area contributed by atoms with Crippen LogP contribution in [0.5, 0.6) is 11.5 Å². The lowest BCUT2D eigenvalue weighted by Crippen LogP contribution is -2.18. The molecular formula is C17H26O4. The molecule has 0 aliphatic carbocycles. The molecule has 0 aliphatic heterocycles. The van der Waals surface area contributed by atoms with E-state index >= 15 is 0 Å². The van der Waals surface area contributed by atoms with Crippen LogP contribution < -0.4 is 9.47 Å². The first kappa shape index (κ1) is 17.3. The van der Waals surface area contributed by atoms with Crippen LogP contribution >= 0.6 is 0 Å². The Morgan fingerprint density at radius 1 is 1.14 bits per heavy atom. The van der Waals surface area contributed by atoms with Crippen molar-refractivity contribution in [3.63, 3.8) is 0 Å². The van der Waals surface area contributed by atoms with E-state index in [0.29, 0.717) is 29.6 Å². The van der Waals surface area contributed by atoms with Gasteiger partial charge < -0.3 is 14.2 Å². The number of hydrogen-bond acceptors (Lipinski definition) is 4. The van der Waals surface area contributed by atoms with Crippen molar-refractivity contribution in [1.29, 1.82) is 0 Å². The van der Waals surface area contributed by atoms with Crippen LogP contribution in [-0.2, 0) is 4.74 Å². The Morgan fingerprint density at radius 2 is 1.67 bits per heavy atom. The van der Waals surface area contributed by atoms with Gasteiger partial charge >= 0.3 is 5.97 Å². The van der Waals surface area contributed by atoms with E-state index in [4.69, 9.17) is 14.2 Å². The van der Waals surface area contributed by atoms with Crippen LogP contribution in [0.4, 0.5) is 0 Å². The summed E-state index contributed by atoms with van der Waals surface area (Å²) < 4.78 is 15.9. The Labute approximate surface area is 127 Å². The summed E-state index contributed by atoms with van der Waals surface area (Å²) in [4.78, 5) is 12.3. The zero-order chi connectivity index (χ0) is 16.0. The Morgan fingerprint density at radius 3 is 2.10 bits per heavy atom. The van der Waals surface area contributed by atoms with Gasteiger partial charge in [0, 0.05) is 0 Å². The average molecular weight is 294 g/mol. The molecule has 0 saturated heterocycles. The van der Waals surface area contributed by atoms with Gasteiger partial charge in [0.15, 0.2) is 0 Å². The van der Waals surface area contributed by atoms with E-state index in [-0.39, 0.29) is 5.41 Å². The van der Waals surface area contributed by atoms with E-state index in [1.54, 1.807) is 18.2 Å². The van der Waals surface area contributed by atoms with Gasteiger partial charge in [-0.2, -0.15) is 0 Å². The van der Waals surface area contributed by atoms with Gasteiger partial charge in [-0.05, 0) is 29.9 Å². The van der Waals surface area contributed by atoms with Crippen LogP contribution in [0.3, 0.4) is 0 Å². The van der Waals surface area contributed by atoms with E-state index in [0.717, 1.165) is 6.42 Å². The predicted molar refractivity (Wildman–Crippen MR) is 83.1 cm³/mol. The maximum Gasteiger partial charge on any atom is 0.345 e. The van der Waals surface area contributed by atoms with Crippen molar-refractivity contribution < 1.29 is 19.0 Å². The van der Waals surface area contributed by atoms with Crippen molar-refractivity contribution in [3.8, 4) is 11.5 Å². The van der Waals surface area contributed by atoms with Crippen molar-refractivity contribution in [2.75, 3.05) is 20.8 Å². The number of rotatable bonds is 6. The molecule has 0 N–H and O–H groups in total. The van der Waals surface area contributed by atoms with Crippen LogP contribution in [0.1, 0.15) is 44.5 Å². The Bertz CT molecular complexity index is 452. The highest BCUT2D eigenvalue weighted by molar-refractivity contribution is 5.95. The molecule has 118 valence electrons. The number of ether oxygens (including phenoxy) is 3. The first-order valence-corrected chi connectivity index (χ1v) is 7.16. The van der Waals surface area contributed by atoms with Crippen molar-refractivity contribution in [3.05, 3.63) is 23.8 Å². The molecule has 0 radical (unpaired) electrons. The average Bonchev–Trinajstić information content (AvgIpc) is 2.41. The summed E-state index contributed by atoms with van der Waals surface area (Å²) in [5.41, 5.74) is 0.555. The maximum absolute atomic E-state index is 12.3. The zero-order valence-electron chi connectivity index (χ0n) is 13.9. The number of methoxy groups -OCH3 is 2. The fourth-order valence-corrected chi connectivity index (χ4v) is 2.45. The van der Waals surface area contributed by atoms with Crippen molar-refractivity contribution in [1.82, 2.24) is 0 Å². The quantitative estimate of drug-likeness (QED) is 0.746. The molecule has 0 amide bonds. The Hall–Kier alpha value is -1.71. The molecule has 0 saturated carbocycles. The summed E-state index contributed by atoms with van der Waals surface area (Å²) in [5.74, 6) is 0.811. The second-order valence-electron chi connectivity index (χ2n) is 6.51. The first-order valence-electron chi connectivity index (χ1n) is 7.16. The molecule has 1 atom stereocenters. The van der Waals surface area contributed by atoms with Gasteiger partial charge in [0.1, 0.15) is 17.1 Å². The predicted octanol–water partition coefficient (Wildman–Crippen LogP) is 3.93. The van der Waals surface area contributed by atoms with E-state index < -0.39 is 5.97 Å². The van der Waals surface area contributed by atoms with Crippen molar-refractivity contribution in [2.24, 2.45) is 11.3 Å². The summed E-state index contributed by atoms with van der Waals surface area (Å²) >= 11 is 0. The minimum Gasteiger partial charge on any atom is -0.496 e. The van der Waals surface area contributed by atoms with E-state index in [1.807, 2.05) is 0 Å². The van der Waals surface area contributed by atoms with Crippen LogP contribution in [0.25, 0.3) is 0 Å². The minimum absolute atomic E-state index is 0.216. The molecule has 0 heterocycles. The molecule has 4 heteroatoms. The molecule has 1 aromatic carbocycles. The standard InChI is InChI=1S/C17H26O4/c1-12(10-17(2,3)4)11-21-16(18)15-13(19-5)8-7-9-14(15)20-6/h7-9,12H,10-11H2,1-6H3. The highest BCUT2D eigenvalue weighted by Gasteiger charge is 2.21. The van der Waals surface area contributed by atoms with Crippen molar-refractivity contribution >= 4 is 5.97 Å². The third kappa shape index (κ3) is 5.29. The first-order chi connectivity index (χ1) is 9.78. The van der Waals surface area contributed by atoms with Gasteiger partial charge in [-0.1, -0.05) is 33.8 Å². The van der Waals surface area contributed by atoms with Gasteiger partial charge in [-0.15, -0.1) is 0 Å². The summed E-state index contributed by atoms with van der Waals surface area (Å²) in [6.07, 6.45) is 0.989. The maximum atomic E-state index is 12.3. The summed E-state index contributed by atoms with van der Waals surface area (Å²) in [5, 5.41) is 0. The smallest absolute Gasteiger partial charge is 0.345 e. The fourth-order valence-electron chi connectivity index (χ4n) is 2.45. The lowest BCUT2D eigenvalue weighted by molar-refractivity contribution is 0.0413. The molecule has 0 fully saturated rings. The molecule has 1 unspecified atom stereocenters. The van der Waals surface area contributed by atoms with Gasteiger partial charge in [-0.25, -0.2) is 4.79 Å². The second-order valence-corrected chi connectivity index (χ2v) is 6.51. The zero-order valence-corrected chi connectivity index (χ0v) is 13.9. The molecule has 1 rings (SSSR count). The molecule has 0 aromatic heterocycles. The third-order valence-corrected chi connectivity index (χ3v) is 3.09. The normalized spacial score (nSPS) is 12.7. The highest BCUT2D eigenvalue weighted by Crippen LogP contribution is 2.29. The third-order valence-electron chi connectivity index (χ3n) is 3.09. The molecule has 21 heavy (non-hydrogen) atoms. The van der Waals surface area contributed by atoms with Crippen LogP contribution in [0, 0.1) is 11.3 Å². The summed E-state index contributed by atoms with van der Waals surface area (Å²) in [6, 6.07) is 5.21. The molecule has 1 aromatic rings. The molecule has 0 bridgehead atoms. The fraction of sp³-hybridized carbons (Fsp3) is 0.588. The Kier molecular flexibility index (Phi) is 6.06. The van der Waals surface area contributed by atoms with E-state index in [2.05, 4.69) is 27.7 Å². The number of esters is 1. The van der Waals surface area contributed by atoms with Gasteiger partial charge in [0.2, 0.25) is 0 Å². The van der Waals surface area contributed by atoms with Crippen LogP contribution in [0.2, 0.25) is 0 Å². The van der Waals surface area contributed by atoms with Gasteiger partial charge in [-0.3, -0.25) is 0 Å². The molecule has 0 spiro atoms. The van der Waals surface area contributed by atoms with Gasteiger partial charge in [0.25, 0.3) is 0 Å². The SMILES string of the molecule is COc1cccc(OC)c1C(=O)OCC(C)CC(C)(C)C. The molecule has 4 nitrogen and oxygen atoms in total. The molecule has 0 aliphatic rings. The van der Waals surface area contributed by atoms with Crippen LogP contribution in [-0.4, -0.2) is 26.8 Å². The number of benzene rings is 1. The topological polar surface area (TPSA) is 44.8 Å². The Balaban J connectivity index is 2.76. The number of hydrogen-bond donors (Lipinski definition) is 0. The van der Waals surface area contributed by atoms with Gasteiger partial charge in [0.05, 0.1) is 20.8 Å². The van der Waals surface area contributed by atoms with Crippen LogP contribution in [0.15, 0.2) is 18.2 Å². The number of carbonyl (C=O) groups excluding carboxylic acids is 1. The van der Waals surface area contributed by atoms with E-state index in [1.165, 1.54) is 14.2 Å². The summed E-state index contributed by atoms with van der Waals surface area (Å²) in [7, 11) is 3.04. The molecular weight excluding hydrogens is 268 g/mol. The monoisotopic (exact) mass is 294 g/mol. The number of carbonyl (C=O) groups is 1. The minimum atomic E-state index is -0.412. The largest absolute Gasteiger partial charge is 0.496 e. The lowest BCUT2D eigenvalue weighted by atomic mass is 9.86. The van der Waals surface area contributed by atoms with E-state index in [9.17, 15) is 4.79 Å². The second kappa shape index (κ2) is 7.34. The van der Waals surface area contributed by atoms with Crippen molar-refractivity contribution in [2.45, 2.75) is 34.1 Å². The summed E-state index contributed by atoms with van der Waals surface area (Å²) in [6.45, 7) is 8.99.